The van der Waals surface area contributed by atoms with Gasteiger partial charge in [0.15, 0.2) is 0 Å². The summed E-state index contributed by atoms with van der Waals surface area (Å²) in [7, 11) is 0. The van der Waals surface area contributed by atoms with Crippen LogP contribution in [0.15, 0.2) is 18.2 Å². The first-order valence-electron chi connectivity index (χ1n) is 5.48. The second kappa shape index (κ2) is 6.84. The third-order valence-corrected chi connectivity index (χ3v) is 2.98. The van der Waals surface area contributed by atoms with Crippen molar-refractivity contribution in [3.63, 3.8) is 0 Å². The molecular formula is C12H16Cl2N2O. The molecule has 0 atom stereocenters. The molecule has 0 saturated carbocycles. The molecule has 0 fully saturated rings. The zero-order valence-corrected chi connectivity index (χ0v) is 11.4. The molecule has 0 bridgehead atoms. The lowest BCUT2D eigenvalue weighted by Gasteiger charge is -2.10. The van der Waals surface area contributed by atoms with E-state index in [1.165, 1.54) is 0 Å². The highest BCUT2D eigenvalue weighted by molar-refractivity contribution is 6.43. The van der Waals surface area contributed by atoms with Crippen molar-refractivity contribution in [1.29, 1.82) is 0 Å². The molecule has 17 heavy (non-hydrogen) atoms. The summed E-state index contributed by atoms with van der Waals surface area (Å²) < 4.78 is 0. The van der Waals surface area contributed by atoms with E-state index in [2.05, 4.69) is 24.5 Å². The molecule has 1 aromatic rings. The Bertz CT molecular complexity index is 394. The summed E-state index contributed by atoms with van der Waals surface area (Å²) in [6, 6.07) is 5.41. The lowest BCUT2D eigenvalue weighted by Crippen LogP contribution is -2.34. The molecule has 0 radical (unpaired) electrons. The molecule has 0 unspecified atom stereocenters. The molecule has 0 saturated heterocycles. The van der Waals surface area contributed by atoms with E-state index in [-0.39, 0.29) is 5.91 Å². The van der Waals surface area contributed by atoms with Gasteiger partial charge in [-0.2, -0.15) is 0 Å². The van der Waals surface area contributed by atoms with Crippen molar-refractivity contribution >= 4 is 29.1 Å². The van der Waals surface area contributed by atoms with Gasteiger partial charge in [0, 0.05) is 19.1 Å². The van der Waals surface area contributed by atoms with E-state index in [0.29, 0.717) is 28.2 Å². The minimum absolute atomic E-state index is 0.206. The van der Waals surface area contributed by atoms with Gasteiger partial charge in [-0.25, -0.2) is 0 Å². The molecule has 1 aromatic carbocycles. The average molecular weight is 275 g/mol. The van der Waals surface area contributed by atoms with E-state index in [1.807, 2.05) is 0 Å². The molecule has 0 spiro atoms. The first-order chi connectivity index (χ1) is 8.02. The molecule has 2 N–H and O–H groups in total. The molecule has 0 aliphatic heterocycles. The maximum atomic E-state index is 11.8. The summed E-state index contributed by atoms with van der Waals surface area (Å²) in [5, 5.41) is 6.67. The molecule has 5 heteroatoms. The second-order valence-corrected chi connectivity index (χ2v) is 4.75. The average Bonchev–Trinajstić information content (AvgIpc) is 2.27. The fourth-order valence-electron chi connectivity index (χ4n) is 1.31. The van der Waals surface area contributed by atoms with Gasteiger partial charge in [0.25, 0.3) is 5.91 Å². The fraction of sp³-hybridized carbons (Fsp3) is 0.417. The van der Waals surface area contributed by atoms with E-state index in [0.717, 1.165) is 6.54 Å². The Morgan fingerprint density at radius 1 is 1.29 bits per heavy atom. The number of benzene rings is 1. The standard InChI is InChI=1S/C12H16Cl2N2O/c1-8(2)15-6-7-16-12(17)9-4-3-5-10(13)11(9)14/h3-5,8,15H,6-7H2,1-2H3,(H,16,17). The van der Waals surface area contributed by atoms with Crippen LogP contribution in [0.25, 0.3) is 0 Å². The molecule has 0 aromatic heterocycles. The van der Waals surface area contributed by atoms with Crippen molar-refractivity contribution in [3.05, 3.63) is 33.8 Å². The van der Waals surface area contributed by atoms with Crippen molar-refractivity contribution < 1.29 is 4.79 Å². The minimum atomic E-state index is -0.206. The van der Waals surface area contributed by atoms with Crippen molar-refractivity contribution in [1.82, 2.24) is 10.6 Å². The van der Waals surface area contributed by atoms with Crippen LogP contribution in [0.5, 0.6) is 0 Å². The van der Waals surface area contributed by atoms with Gasteiger partial charge < -0.3 is 10.6 Å². The van der Waals surface area contributed by atoms with Crippen LogP contribution in [0.3, 0.4) is 0 Å². The summed E-state index contributed by atoms with van der Waals surface area (Å²) in [6.07, 6.45) is 0. The van der Waals surface area contributed by atoms with Gasteiger partial charge in [0.2, 0.25) is 0 Å². The summed E-state index contributed by atoms with van der Waals surface area (Å²) in [5.41, 5.74) is 0.406. The van der Waals surface area contributed by atoms with E-state index >= 15 is 0 Å². The van der Waals surface area contributed by atoms with Crippen molar-refractivity contribution in [3.8, 4) is 0 Å². The number of hydrogen-bond donors (Lipinski definition) is 2. The maximum absolute atomic E-state index is 11.8. The van der Waals surface area contributed by atoms with Crippen molar-refractivity contribution in [2.75, 3.05) is 13.1 Å². The predicted octanol–water partition coefficient (Wildman–Crippen LogP) is 2.72. The zero-order chi connectivity index (χ0) is 12.8. The van der Waals surface area contributed by atoms with Crippen molar-refractivity contribution in [2.45, 2.75) is 19.9 Å². The fourth-order valence-corrected chi connectivity index (χ4v) is 1.70. The van der Waals surface area contributed by atoms with Crippen molar-refractivity contribution in [2.24, 2.45) is 0 Å². The van der Waals surface area contributed by atoms with Crippen LogP contribution in [-0.2, 0) is 0 Å². The SMILES string of the molecule is CC(C)NCCNC(=O)c1cccc(Cl)c1Cl. The Balaban J connectivity index is 2.50. The zero-order valence-electron chi connectivity index (χ0n) is 9.89. The maximum Gasteiger partial charge on any atom is 0.252 e. The highest BCUT2D eigenvalue weighted by atomic mass is 35.5. The van der Waals surface area contributed by atoms with E-state index in [1.54, 1.807) is 18.2 Å². The lowest BCUT2D eigenvalue weighted by atomic mass is 10.2. The highest BCUT2D eigenvalue weighted by Gasteiger charge is 2.11. The highest BCUT2D eigenvalue weighted by Crippen LogP contribution is 2.25. The van der Waals surface area contributed by atoms with Gasteiger partial charge in [-0.3, -0.25) is 4.79 Å². The van der Waals surface area contributed by atoms with E-state index in [4.69, 9.17) is 23.2 Å². The number of carbonyl (C=O) groups is 1. The second-order valence-electron chi connectivity index (χ2n) is 3.97. The minimum Gasteiger partial charge on any atom is -0.351 e. The molecule has 3 nitrogen and oxygen atoms in total. The van der Waals surface area contributed by atoms with Gasteiger partial charge in [0.05, 0.1) is 15.6 Å². The van der Waals surface area contributed by atoms with Gasteiger partial charge in [0.1, 0.15) is 0 Å². The first-order valence-corrected chi connectivity index (χ1v) is 6.23. The first kappa shape index (κ1) is 14.3. The normalized spacial score (nSPS) is 10.6. The predicted molar refractivity (Wildman–Crippen MR) is 71.9 cm³/mol. The van der Waals surface area contributed by atoms with Crippen LogP contribution in [0.2, 0.25) is 10.0 Å². The number of amides is 1. The Morgan fingerprint density at radius 2 is 2.00 bits per heavy atom. The van der Waals surface area contributed by atoms with E-state index < -0.39 is 0 Å². The number of carbonyl (C=O) groups excluding carboxylic acids is 1. The molecule has 0 heterocycles. The number of halogens is 2. The topological polar surface area (TPSA) is 41.1 Å². The monoisotopic (exact) mass is 274 g/mol. The Morgan fingerprint density at radius 3 is 2.65 bits per heavy atom. The largest absolute Gasteiger partial charge is 0.351 e. The molecule has 1 amide bonds. The third kappa shape index (κ3) is 4.54. The van der Waals surface area contributed by atoms with Gasteiger partial charge in [-0.1, -0.05) is 43.1 Å². The summed E-state index contributed by atoms with van der Waals surface area (Å²) >= 11 is 11.8. The summed E-state index contributed by atoms with van der Waals surface area (Å²) in [6.45, 7) is 5.38. The van der Waals surface area contributed by atoms with Crippen LogP contribution in [0, 0.1) is 0 Å². The summed E-state index contributed by atoms with van der Waals surface area (Å²) in [4.78, 5) is 11.8. The Hall–Kier alpha value is -0.770. The van der Waals surface area contributed by atoms with Crippen LogP contribution < -0.4 is 10.6 Å². The van der Waals surface area contributed by atoms with Crippen LogP contribution in [0.1, 0.15) is 24.2 Å². The Labute approximate surface area is 111 Å². The molecular weight excluding hydrogens is 259 g/mol. The van der Waals surface area contributed by atoms with Crippen LogP contribution >= 0.6 is 23.2 Å². The quantitative estimate of drug-likeness (QED) is 0.811. The number of nitrogens with one attached hydrogen (secondary N) is 2. The Kier molecular flexibility index (Phi) is 5.75. The number of hydrogen-bond acceptors (Lipinski definition) is 2. The molecule has 1 rings (SSSR count). The molecule has 94 valence electrons. The van der Waals surface area contributed by atoms with E-state index in [9.17, 15) is 4.79 Å². The number of rotatable bonds is 5. The van der Waals surface area contributed by atoms with Gasteiger partial charge in [-0.15, -0.1) is 0 Å². The molecule has 0 aliphatic rings. The lowest BCUT2D eigenvalue weighted by molar-refractivity contribution is 0.0954. The van der Waals surface area contributed by atoms with Crippen LogP contribution in [-0.4, -0.2) is 25.0 Å². The third-order valence-electron chi connectivity index (χ3n) is 2.16. The van der Waals surface area contributed by atoms with Gasteiger partial charge >= 0.3 is 0 Å². The molecule has 0 aliphatic carbocycles. The van der Waals surface area contributed by atoms with Gasteiger partial charge in [-0.05, 0) is 12.1 Å². The smallest absolute Gasteiger partial charge is 0.252 e. The van der Waals surface area contributed by atoms with Crippen LogP contribution in [0.4, 0.5) is 0 Å². The summed E-state index contributed by atoms with van der Waals surface area (Å²) in [5.74, 6) is -0.206.